The largest absolute Gasteiger partial charge is 0.493 e. The van der Waals surface area contributed by atoms with Gasteiger partial charge in [0.15, 0.2) is 11.5 Å². The maximum absolute atomic E-state index is 6.26. The summed E-state index contributed by atoms with van der Waals surface area (Å²) in [4.78, 5) is 11.7. The van der Waals surface area contributed by atoms with Gasteiger partial charge in [-0.3, -0.25) is 0 Å². The van der Waals surface area contributed by atoms with Gasteiger partial charge in [-0.2, -0.15) is 4.98 Å². The molecule has 1 aliphatic heterocycles. The number of methoxy groups -OCH3 is 2. The van der Waals surface area contributed by atoms with Gasteiger partial charge in [-0.05, 0) is 18.9 Å². The van der Waals surface area contributed by atoms with Crippen LogP contribution in [0.5, 0.6) is 11.5 Å². The average Bonchev–Trinajstić information content (AvgIpc) is 2.66. The summed E-state index contributed by atoms with van der Waals surface area (Å²) in [6.45, 7) is 1.85. The van der Waals surface area contributed by atoms with E-state index in [0.717, 1.165) is 29.9 Å². The van der Waals surface area contributed by atoms with Gasteiger partial charge in [-0.1, -0.05) is 12.8 Å². The van der Waals surface area contributed by atoms with Crippen molar-refractivity contribution >= 4 is 22.7 Å². The molecule has 2 aliphatic rings. The van der Waals surface area contributed by atoms with E-state index in [1.165, 1.54) is 25.7 Å². The lowest BCUT2D eigenvalue weighted by Gasteiger charge is -2.44. The van der Waals surface area contributed by atoms with E-state index in [0.29, 0.717) is 29.4 Å². The first kappa shape index (κ1) is 16.2. The smallest absolute Gasteiger partial charge is 0.228 e. The highest BCUT2D eigenvalue weighted by molar-refractivity contribution is 5.91. The number of nitrogens with one attached hydrogen (secondary N) is 1. The second kappa shape index (κ2) is 6.55. The molecule has 4 rings (SSSR count). The van der Waals surface area contributed by atoms with Crippen molar-refractivity contribution in [2.24, 2.45) is 0 Å². The summed E-state index contributed by atoms with van der Waals surface area (Å²) in [6.07, 6.45) is 4.94. The van der Waals surface area contributed by atoms with Crippen molar-refractivity contribution in [3.05, 3.63) is 12.1 Å². The van der Waals surface area contributed by atoms with Crippen LogP contribution in [0.25, 0.3) is 10.9 Å². The van der Waals surface area contributed by atoms with E-state index in [1.54, 1.807) is 14.2 Å². The normalized spacial score (nSPS) is 23.4. The third-order valence-electron chi connectivity index (χ3n) is 5.36. The highest BCUT2D eigenvalue weighted by Crippen LogP contribution is 2.35. The Kier molecular flexibility index (Phi) is 4.25. The van der Waals surface area contributed by atoms with E-state index in [2.05, 4.69) is 15.2 Å². The highest BCUT2D eigenvalue weighted by atomic mass is 16.5. The second-order valence-corrected chi connectivity index (χ2v) is 6.74. The van der Waals surface area contributed by atoms with Gasteiger partial charge >= 0.3 is 0 Å². The first-order valence-corrected chi connectivity index (χ1v) is 8.90. The lowest BCUT2D eigenvalue weighted by atomic mass is 9.88. The van der Waals surface area contributed by atoms with Gasteiger partial charge in [0, 0.05) is 36.6 Å². The molecular formula is C18H25N5O2. The standard InChI is InChI=1S/C18H25N5O2/c1-24-15-9-11-13(10-16(15)25-2)21-18(22-17(11)19)23-8-7-20-12-5-3-4-6-14(12)23/h9-10,12,14,20H,3-8H2,1-2H3,(H2,19,21,22)/t12-,14+/m1/s1. The number of fused-ring (bicyclic) bond motifs is 2. The van der Waals surface area contributed by atoms with Gasteiger partial charge in [0.05, 0.1) is 19.7 Å². The molecule has 3 N–H and O–H groups in total. The zero-order valence-corrected chi connectivity index (χ0v) is 14.8. The van der Waals surface area contributed by atoms with Crippen LogP contribution < -0.4 is 25.4 Å². The van der Waals surface area contributed by atoms with E-state index < -0.39 is 0 Å². The Bertz CT molecular complexity index is 780. The van der Waals surface area contributed by atoms with Crippen LogP contribution in [0.15, 0.2) is 12.1 Å². The number of nitrogen functional groups attached to an aromatic ring is 1. The van der Waals surface area contributed by atoms with Gasteiger partial charge in [0.2, 0.25) is 5.95 Å². The van der Waals surface area contributed by atoms with Crippen molar-refractivity contribution in [3.8, 4) is 11.5 Å². The van der Waals surface area contributed by atoms with Crippen molar-refractivity contribution < 1.29 is 9.47 Å². The molecule has 2 aromatic rings. The third-order valence-corrected chi connectivity index (χ3v) is 5.36. The van der Waals surface area contributed by atoms with Gasteiger partial charge in [0.25, 0.3) is 0 Å². The summed E-state index contributed by atoms with van der Waals surface area (Å²) < 4.78 is 10.8. The monoisotopic (exact) mass is 343 g/mol. The molecule has 2 atom stereocenters. The maximum atomic E-state index is 6.26. The Morgan fingerprint density at radius 3 is 2.68 bits per heavy atom. The summed E-state index contributed by atoms with van der Waals surface area (Å²) >= 11 is 0. The molecule has 1 aromatic carbocycles. The zero-order valence-electron chi connectivity index (χ0n) is 14.8. The van der Waals surface area contributed by atoms with Gasteiger partial charge in [-0.25, -0.2) is 4.98 Å². The fraction of sp³-hybridized carbons (Fsp3) is 0.556. The van der Waals surface area contributed by atoms with E-state index in [1.807, 2.05) is 12.1 Å². The Labute approximate surface area is 147 Å². The topological polar surface area (TPSA) is 85.5 Å². The van der Waals surface area contributed by atoms with Gasteiger partial charge in [0.1, 0.15) is 5.82 Å². The number of benzene rings is 1. The van der Waals surface area contributed by atoms with Crippen LogP contribution in [0.3, 0.4) is 0 Å². The molecule has 25 heavy (non-hydrogen) atoms. The minimum Gasteiger partial charge on any atom is -0.493 e. The lowest BCUT2D eigenvalue weighted by molar-refractivity contribution is 0.282. The van der Waals surface area contributed by atoms with E-state index in [4.69, 9.17) is 20.2 Å². The minimum absolute atomic E-state index is 0.444. The molecule has 1 aliphatic carbocycles. The number of nitrogens with two attached hydrogens (primary N) is 1. The van der Waals surface area contributed by atoms with Crippen LogP contribution in [0.1, 0.15) is 25.7 Å². The van der Waals surface area contributed by atoms with Crippen LogP contribution in [-0.2, 0) is 0 Å². The molecule has 2 fully saturated rings. The number of anilines is 2. The van der Waals surface area contributed by atoms with Crippen molar-refractivity contribution in [1.82, 2.24) is 15.3 Å². The molecule has 134 valence electrons. The van der Waals surface area contributed by atoms with Gasteiger partial charge in [-0.15, -0.1) is 0 Å². The molecule has 0 amide bonds. The third kappa shape index (κ3) is 2.82. The summed E-state index contributed by atoms with van der Waals surface area (Å²) in [5.41, 5.74) is 7.04. The molecule has 7 heteroatoms. The molecule has 2 heterocycles. The average molecular weight is 343 g/mol. The number of hydrogen-bond acceptors (Lipinski definition) is 7. The quantitative estimate of drug-likeness (QED) is 0.881. The van der Waals surface area contributed by atoms with Crippen LogP contribution in [0.2, 0.25) is 0 Å². The van der Waals surface area contributed by atoms with E-state index in [9.17, 15) is 0 Å². The summed E-state index contributed by atoms with van der Waals surface area (Å²) in [6, 6.07) is 4.68. The van der Waals surface area contributed by atoms with Crippen LogP contribution >= 0.6 is 0 Å². The molecule has 0 radical (unpaired) electrons. The van der Waals surface area contributed by atoms with Crippen molar-refractivity contribution in [1.29, 1.82) is 0 Å². The second-order valence-electron chi connectivity index (χ2n) is 6.74. The number of rotatable bonds is 3. The number of aromatic nitrogens is 2. The fourth-order valence-electron chi connectivity index (χ4n) is 4.10. The van der Waals surface area contributed by atoms with E-state index in [-0.39, 0.29) is 0 Å². The zero-order chi connectivity index (χ0) is 17.4. The Morgan fingerprint density at radius 1 is 1.12 bits per heavy atom. The first-order valence-electron chi connectivity index (χ1n) is 8.90. The van der Waals surface area contributed by atoms with Crippen molar-refractivity contribution in [2.45, 2.75) is 37.8 Å². The molecule has 0 unspecified atom stereocenters. The van der Waals surface area contributed by atoms with Crippen LogP contribution in [-0.4, -0.2) is 49.4 Å². The molecule has 0 spiro atoms. The lowest BCUT2D eigenvalue weighted by Crippen LogP contribution is -2.59. The predicted octanol–water partition coefficient (Wildman–Crippen LogP) is 1.95. The number of hydrogen-bond donors (Lipinski definition) is 2. The fourth-order valence-corrected chi connectivity index (χ4v) is 4.10. The molecule has 1 saturated carbocycles. The number of piperazine rings is 1. The summed E-state index contributed by atoms with van der Waals surface area (Å²) in [5, 5.41) is 4.43. The molecular weight excluding hydrogens is 318 g/mol. The first-order chi connectivity index (χ1) is 12.2. The Hall–Kier alpha value is -2.28. The Balaban J connectivity index is 1.77. The molecule has 7 nitrogen and oxygen atoms in total. The van der Waals surface area contributed by atoms with E-state index >= 15 is 0 Å². The molecule has 1 aromatic heterocycles. The van der Waals surface area contributed by atoms with Crippen molar-refractivity contribution in [2.75, 3.05) is 37.9 Å². The van der Waals surface area contributed by atoms with Crippen LogP contribution in [0.4, 0.5) is 11.8 Å². The van der Waals surface area contributed by atoms with Crippen LogP contribution in [0, 0.1) is 0 Å². The highest BCUT2D eigenvalue weighted by Gasteiger charge is 2.34. The summed E-state index contributed by atoms with van der Waals surface area (Å²) in [5.74, 6) is 2.48. The molecule has 1 saturated heterocycles. The van der Waals surface area contributed by atoms with Crippen molar-refractivity contribution in [3.63, 3.8) is 0 Å². The molecule has 0 bridgehead atoms. The SMILES string of the molecule is COc1cc2nc(N3CCN[C@@H]4CCCC[C@@H]43)nc(N)c2cc1OC. The van der Waals surface area contributed by atoms with Gasteiger partial charge < -0.3 is 25.4 Å². The minimum atomic E-state index is 0.444. The summed E-state index contributed by atoms with van der Waals surface area (Å²) in [7, 11) is 3.23. The number of nitrogens with zero attached hydrogens (tertiary/aromatic N) is 3. The number of ether oxygens (including phenoxy) is 2. The maximum Gasteiger partial charge on any atom is 0.228 e. The Morgan fingerprint density at radius 2 is 1.88 bits per heavy atom. The predicted molar refractivity (Wildman–Crippen MR) is 98.4 cm³/mol.